The standard InChI is InChI=1S/C20H25N5O2/c26-19(23-8-4-5-9-23)16-22-10-12-24(13-11-22)20(27)17-14-21-25(15-17)18-6-2-1-3-7-18/h1-3,6-7,14-15H,4-5,8-13,16H2. The van der Waals surface area contributed by atoms with E-state index in [9.17, 15) is 9.59 Å². The maximum absolute atomic E-state index is 12.8. The van der Waals surface area contributed by atoms with Crippen LogP contribution in [0.5, 0.6) is 0 Å². The van der Waals surface area contributed by atoms with E-state index in [0.29, 0.717) is 25.2 Å². The van der Waals surface area contributed by atoms with E-state index < -0.39 is 0 Å². The van der Waals surface area contributed by atoms with Crippen LogP contribution in [0.4, 0.5) is 0 Å². The molecule has 0 aliphatic carbocycles. The van der Waals surface area contributed by atoms with Gasteiger partial charge in [0.05, 0.1) is 24.0 Å². The van der Waals surface area contributed by atoms with Gasteiger partial charge in [-0.05, 0) is 25.0 Å². The Labute approximate surface area is 159 Å². The Morgan fingerprint density at radius 1 is 0.889 bits per heavy atom. The number of nitrogens with zero attached hydrogens (tertiary/aromatic N) is 5. The van der Waals surface area contributed by atoms with Crippen molar-refractivity contribution in [1.82, 2.24) is 24.5 Å². The van der Waals surface area contributed by atoms with Gasteiger partial charge < -0.3 is 9.80 Å². The summed E-state index contributed by atoms with van der Waals surface area (Å²) >= 11 is 0. The van der Waals surface area contributed by atoms with E-state index in [1.165, 1.54) is 0 Å². The van der Waals surface area contributed by atoms with Crippen molar-refractivity contribution in [2.45, 2.75) is 12.8 Å². The van der Waals surface area contributed by atoms with Crippen molar-refractivity contribution in [2.75, 3.05) is 45.8 Å². The smallest absolute Gasteiger partial charge is 0.257 e. The Morgan fingerprint density at radius 3 is 2.30 bits per heavy atom. The van der Waals surface area contributed by atoms with Gasteiger partial charge in [-0.3, -0.25) is 14.5 Å². The predicted molar refractivity (Wildman–Crippen MR) is 102 cm³/mol. The minimum Gasteiger partial charge on any atom is -0.342 e. The Kier molecular flexibility index (Phi) is 5.20. The second-order valence-electron chi connectivity index (χ2n) is 7.17. The molecule has 2 aliphatic rings. The lowest BCUT2D eigenvalue weighted by atomic mass is 10.2. The Balaban J connectivity index is 1.31. The zero-order valence-electron chi connectivity index (χ0n) is 15.5. The van der Waals surface area contributed by atoms with E-state index in [-0.39, 0.29) is 11.8 Å². The van der Waals surface area contributed by atoms with Gasteiger partial charge in [-0.1, -0.05) is 18.2 Å². The number of benzene rings is 1. The molecule has 1 aromatic carbocycles. The summed E-state index contributed by atoms with van der Waals surface area (Å²) in [6, 6.07) is 9.75. The fraction of sp³-hybridized carbons (Fsp3) is 0.450. The van der Waals surface area contributed by atoms with Gasteiger partial charge in [0.1, 0.15) is 0 Å². The molecule has 2 aliphatic heterocycles. The molecule has 27 heavy (non-hydrogen) atoms. The second-order valence-corrected chi connectivity index (χ2v) is 7.17. The van der Waals surface area contributed by atoms with E-state index in [1.54, 1.807) is 17.1 Å². The first-order chi connectivity index (χ1) is 13.2. The molecule has 0 atom stereocenters. The number of aromatic nitrogens is 2. The van der Waals surface area contributed by atoms with Gasteiger partial charge in [0.15, 0.2) is 0 Å². The monoisotopic (exact) mass is 367 g/mol. The largest absolute Gasteiger partial charge is 0.342 e. The molecule has 0 bridgehead atoms. The highest BCUT2D eigenvalue weighted by atomic mass is 16.2. The van der Waals surface area contributed by atoms with Gasteiger partial charge in [0, 0.05) is 45.5 Å². The molecule has 2 aromatic rings. The Morgan fingerprint density at radius 2 is 1.59 bits per heavy atom. The fourth-order valence-corrected chi connectivity index (χ4v) is 3.70. The predicted octanol–water partition coefficient (Wildman–Crippen LogP) is 1.25. The number of piperazine rings is 1. The molecule has 1 aromatic heterocycles. The topological polar surface area (TPSA) is 61.7 Å². The zero-order valence-corrected chi connectivity index (χ0v) is 15.5. The molecule has 0 unspecified atom stereocenters. The number of para-hydroxylation sites is 1. The minimum atomic E-state index is 0.00250. The first-order valence-electron chi connectivity index (χ1n) is 9.60. The highest BCUT2D eigenvalue weighted by Gasteiger charge is 2.26. The normalized spacial score (nSPS) is 18.1. The third-order valence-electron chi connectivity index (χ3n) is 5.33. The number of carbonyl (C=O) groups is 2. The van der Waals surface area contributed by atoms with E-state index in [0.717, 1.165) is 44.7 Å². The molecule has 142 valence electrons. The van der Waals surface area contributed by atoms with E-state index in [1.807, 2.05) is 40.1 Å². The second kappa shape index (κ2) is 7.92. The summed E-state index contributed by atoms with van der Waals surface area (Å²) < 4.78 is 1.72. The molecule has 7 nitrogen and oxygen atoms in total. The summed E-state index contributed by atoms with van der Waals surface area (Å²) in [6.07, 6.45) is 5.63. The van der Waals surface area contributed by atoms with Crippen LogP contribution < -0.4 is 0 Å². The van der Waals surface area contributed by atoms with Crippen LogP contribution in [0.2, 0.25) is 0 Å². The third-order valence-corrected chi connectivity index (χ3v) is 5.33. The maximum atomic E-state index is 12.8. The van der Waals surface area contributed by atoms with Crippen molar-refractivity contribution in [3.63, 3.8) is 0 Å². The van der Waals surface area contributed by atoms with Crippen LogP contribution in [0.3, 0.4) is 0 Å². The van der Waals surface area contributed by atoms with Gasteiger partial charge in [-0.15, -0.1) is 0 Å². The SMILES string of the molecule is O=C(CN1CCN(C(=O)c2cnn(-c3ccccc3)c2)CC1)N1CCCC1. The first-order valence-corrected chi connectivity index (χ1v) is 9.60. The summed E-state index contributed by atoms with van der Waals surface area (Å²) in [6.45, 7) is 5.00. The van der Waals surface area contributed by atoms with Crippen LogP contribution in [0.15, 0.2) is 42.7 Å². The van der Waals surface area contributed by atoms with Crippen LogP contribution in [-0.4, -0.2) is 82.1 Å². The highest BCUT2D eigenvalue weighted by molar-refractivity contribution is 5.94. The van der Waals surface area contributed by atoms with E-state index in [2.05, 4.69) is 10.00 Å². The maximum Gasteiger partial charge on any atom is 0.257 e. The van der Waals surface area contributed by atoms with E-state index in [4.69, 9.17) is 0 Å². The van der Waals surface area contributed by atoms with Gasteiger partial charge >= 0.3 is 0 Å². The van der Waals surface area contributed by atoms with Gasteiger partial charge in [-0.2, -0.15) is 5.10 Å². The third kappa shape index (κ3) is 4.03. The molecule has 0 saturated carbocycles. The molecule has 2 fully saturated rings. The number of rotatable bonds is 4. The van der Waals surface area contributed by atoms with Gasteiger partial charge in [0.2, 0.25) is 5.91 Å². The lowest BCUT2D eigenvalue weighted by Crippen LogP contribution is -2.51. The summed E-state index contributed by atoms with van der Waals surface area (Å²) in [4.78, 5) is 31.0. The lowest BCUT2D eigenvalue weighted by molar-refractivity contribution is -0.131. The molecular formula is C20H25N5O2. The Hall–Kier alpha value is -2.67. The number of amides is 2. The molecule has 2 amide bonds. The van der Waals surface area contributed by atoms with Crippen LogP contribution in [0.1, 0.15) is 23.2 Å². The molecule has 0 radical (unpaired) electrons. The van der Waals surface area contributed by atoms with Gasteiger partial charge in [-0.25, -0.2) is 4.68 Å². The van der Waals surface area contributed by atoms with E-state index >= 15 is 0 Å². The molecule has 4 rings (SSSR count). The molecule has 3 heterocycles. The summed E-state index contributed by atoms with van der Waals surface area (Å²) in [5, 5.41) is 4.31. The minimum absolute atomic E-state index is 0.00250. The van der Waals surface area contributed by atoms with Crippen molar-refractivity contribution < 1.29 is 9.59 Å². The molecule has 0 N–H and O–H groups in total. The number of hydrogen-bond donors (Lipinski definition) is 0. The van der Waals surface area contributed by atoms with Gasteiger partial charge in [0.25, 0.3) is 5.91 Å². The van der Waals surface area contributed by atoms with Crippen molar-refractivity contribution >= 4 is 11.8 Å². The number of hydrogen-bond acceptors (Lipinski definition) is 4. The van der Waals surface area contributed by atoms with Crippen molar-refractivity contribution in [2.24, 2.45) is 0 Å². The number of likely N-dealkylation sites (tertiary alicyclic amines) is 1. The van der Waals surface area contributed by atoms with Crippen LogP contribution in [0, 0.1) is 0 Å². The van der Waals surface area contributed by atoms with Crippen molar-refractivity contribution in [3.8, 4) is 5.69 Å². The fourth-order valence-electron chi connectivity index (χ4n) is 3.70. The van der Waals surface area contributed by atoms with Crippen LogP contribution in [0.25, 0.3) is 5.69 Å². The molecule has 2 saturated heterocycles. The average molecular weight is 367 g/mol. The van der Waals surface area contributed by atoms with Crippen LogP contribution in [-0.2, 0) is 4.79 Å². The average Bonchev–Trinajstić information content (AvgIpc) is 3.41. The first kappa shape index (κ1) is 17.7. The van der Waals surface area contributed by atoms with Crippen molar-refractivity contribution in [3.05, 3.63) is 48.3 Å². The quantitative estimate of drug-likeness (QED) is 0.816. The molecule has 0 spiro atoms. The number of carbonyl (C=O) groups excluding carboxylic acids is 2. The lowest BCUT2D eigenvalue weighted by Gasteiger charge is -2.34. The zero-order chi connectivity index (χ0) is 18.6. The highest BCUT2D eigenvalue weighted by Crippen LogP contribution is 2.13. The Bertz CT molecular complexity index is 790. The molecule has 7 heteroatoms. The van der Waals surface area contributed by atoms with Crippen LogP contribution >= 0.6 is 0 Å². The summed E-state index contributed by atoms with van der Waals surface area (Å²) in [5.41, 5.74) is 1.53. The summed E-state index contributed by atoms with van der Waals surface area (Å²) in [7, 11) is 0. The summed E-state index contributed by atoms with van der Waals surface area (Å²) in [5.74, 6) is 0.221. The van der Waals surface area contributed by atoms with Crippen molar-refractivity contribution in [1.29, 1.82) is 0 Å². The molecular weight excluding hydrogens is 342 g/mol.